The van der Waals surface area contributed by atoms with Crippen molar-refractivity contribution >= 4 is 15.8 Å². The molecule has 2 N–H and O–H groups in total. The summed E-state index contributed by atoms with van der Waals surface area (Å²) in [6.07, 6.45) is 0.972. The fourth-order valence-electron chi connectivity index (χ4n) is 1.57. The van der Waals surface area contributed by atoms with Gasteiger partial charge in [-0.05, 0) is 12.1 Å². The molecule has 8 heteroatoms. The zero-order valence-electron chi connectivity index (χ0n) is 9.69. The number of carbonyl (C=O) groups is 1. The molecule has 100 valence electrons. The Bertz CT molecular complexity index is 746. The third-order valence-electron chi connectivity index (χ3n) is 2.38. The molecule has 1 aromatic carbocycles. The van der Waals surface area contributed by atoms with Crippen LogP contribution in [0.25, 0.3) is 11.3 Å². The number of nitrogens with zero attached hydrogens (tertiary/aromatic N) is 1. The molecule has 0 aliphatic rings. The molecule has 0 atom stereocenters. The maximum absolute atomic E-state index is 11.6. The topological polar surface area (TPSA) is 118 Å². The van der Waals surface area contributed by atoms with Crippen molar-refractivity contribution in [3.05, 3.63) is 30.0 Å². The molecule has 1 aromatic heterocycles. The summed E-state index contributed by atoms with van der Waals surface area (Å²) in [5, 5.41) is 21.8. The predicted molar refractivity (Wildman–Crippen MR) is 63.7 cm³/mol. The smallest absolute Gasteiger partial charge is 0.358 e. The van der Waals surface area contributed by atoms with Gasteiger partial charge in [0.1, 0.15) is 5.75 Å². The van der Waals surface area contributed by atoms with E-state index in [1.54, 1.807) is 0 Å². The highest BCUT2D eigenvalue weighted by Crippen LogP contribution is 2.35. The van der Waals surface area contributed by atoms with Crippen molar-refractivity contribution < 1.29 is 27.9 Å². The van der Waals surface area contributed by atoms with E-state index < -0.39 is 15.8 Å². The number of phenols is 1. The molecule has 0 unspecified atom stereocenters. The zero-order valence-corrected chi connectivity index (χ0v) is 10.5. The third-order valence-corrected chi connectivity index (χ3v) is 3.52. The van der Waals surface area contributed by atoms with Crippen molar-refractivity contribution in [1.82, 2.24) is 5.16 Å². The molecule has 0 aliphatic heterocycles. The van der Waals surface area contributed by atoms with Crippen LogP contribution in [0.15, 0.2) is 33.7 Å². The second-order valence-electron chi connectivity index (χ2n) is 3.80. The van der Waals surface area contributed by atoms with Crippen molar-refractivity contribution in [2.24, 2.45) is 0 Å². The van der Waals surface area contributed by atoms with Crippen LogP contribution in [-0.4, -0.2) is 36.0 Å². The van der Waals surface area contributed by atoms with Crippen LogP contribution in [-0.2, 0) is 9.84 Å². The van der Waals surface area contributed by atoms with Gasteiger partial charge in [0.05, 0.1) is 10.5 Å². The van der Waals surface area contributed by atoms with Crippen molar-refractivity contribution in [3.63, 3.8) is 0 Å². The minimum absolute atomic E-state index is 0.106. The monoisotopic (exact) mass is 283 g/mol. The summed E-state index contributed by atoms with van der Waals surface area (Å²) in [7, 11) is -3.61. The first-order chi connectivity index (χ1) is 8.80. The van der Waals surface area contributed by atoms with E-state index in [1.807, 2.05) is 0 Å². The lowest BCUT2D eigenvalue weighted by Gasteiger charge is -2.06. The van der Waals surface area contributed by atoms with E-state index in [9.17, 15) is 18.3 Å². The van der Waals surface area contributed by atoms with Crippen LogP contribution in [0.1, 0.15) is 10.5 Å². The Morgan fingerprint density at radius 1 is 1.37 bits per heavy atom. The van der Waals surface area contributed by atoms with Crippen molar-refractivity contribution in [3.8, 4) is 17.1 Å². The van der Waals surface area contributed by atoms with Gasteiger partial charge in [-0.15, -0.1) is 0 Å². The van der Waals surface area contributed by atoms with Crippen LogP contribution >= 0.6 is 0 Å². The summed E-state index contributed by atoms with van der Waals surface area (Å²) in [6, 6.07) is 4.97. The Kier molecular flexibility index (Phi) is 3.03. The van der Waals surface area contributed by atoms with Crippen LogP contribution in [0.5, 0.6) is 5.75 Å². The molecule has 0 fully saturated rings. The van der Waals surface area contributed by atoms with Gasteiger partial charge in [-0.25, -0.2) is 13.2 Å². The van der Waals surface area contributed by atoms with E-state index in [-0.39, 0.29) is 27.7 Å². The first-order valence-corrected chi connectivity index (χ1v) is 6.92. The number of hydrogen-bond acceptors (Lipinski definition) is 6. The van der Waals surface area contributed by atoms with E-state index in [4.69, 9.17) is 9.63 Å². The maximum Gasteiger partial charge on any atom is 0.358 e. The standard InChI is InChI=1S/C11H9NO6S/c1-19(16,17)9-4-2-3-7(13)10(9)8-5-6(11(14)15)12-18-8/h2-5,13H,1H3,(H,14,15). The quantitative estimate of drug-likeness (QED) is 0.867. The SMILES string of the molecule is CS(=O)(=O)c1cccc(O)c1-c1cc(C(=O)O)no1. The Morgan fingerprint density at radius 3 is 2.58 bits per heavy atom. The Labute approximate surface area is 108 Å². The molecule has 0 spiro atoms. The van der Waals surface area contributed by atoms with Crippen LogP contribution in [0, 0.1) is 0 Å². The number of sulfone groups is 1. The second-order valence-corrected chi connectivity index (χ2v) is 5.79. The van der Waals surface area contributed by atoms with Crippen LogP contribution in [0.2, 0.25) is 0 Å². The summed E-state index contributed by atoms with van der Waals surface area (Å²) < 4.78 is 28.0. The first-order valence-electron chi connectivity index (χ1n) is 5.03. The minimum atomic E-state index is -3.61. The summed E-state index contributed by atoms with van der Waals surface area (Å²) in [6.45, 7) is 0. The molecule has 0 bridgehead atoms. The summed E-state index contributed by atoms with van der Waals surface area (Å²) in [5.41, 5.74) is -0.484. The molecule has 2 aromatic rings. The third kappa shape index (κ3) is 2.43. The van der Waals surface area contributed by atoms with E-state index in [2.05, 4.69) is 5.16 Å². The number of carboxylic acid groups (broad SMARTS) is 1. The Hall–Kier alpha value is -2.35. The normalized spacial score (nSPS) is 11.4. The Morgan fingerprint density at radius 2 is 2.05 bits per heavy atom. The van der Waals surface area contributed by atoms with Crippen LogP contribution in [0.3, 0.4) is 0 Å². The fourth-order valence-corrected chi connectivity index (χ4v) is 2.47. The molecule has 0 radical (unpaired) electrons. The number of hydrogen-bond donors (Lipinski definition) is 2. The number of benzene rings is 1. The molecule has 7 nitrogen and oxygen atoms in total. The average Bonchev–Trinajstić information content (AvgIpc) is 2.76. The molecule has 0 aliphatic carbocycles. The highest BCUT2D eigenvalue weighted by molar-refractivity contribution is 7.90. The predicted octanol–water partition coefficient (Wildman–Crippen LogP) is 1.15. The van der Waals surface area contributed by atoms with Gasteiger partial charge in [0.2, 0.25) is 0 Å². The number of aromatic nitrogens is 1. The van der Waals surface area contributed by atoms with E-state index in [0.717, 1.165) is 12.3 Å². The second kappa shape index (κ2) is 4.39. The lowest BCUT2D eigenvalue weighted by molar-refractivity contribution is 0.0686. The van der Waals surface area contributed by atoms with Crippen molar-refractivity contribution in [2.75, 3.05) is 6.26 Å². The largest absolute Gasteiger partial charge is 0.507 e. The van der Waals surface area contributed by atoms with Gasteiger partial charge in [-0.3, -0.25) is 0 Å². The number of aromatic hydroxyl groups is 1. The molecular formula is C11H9NO6S. The van der Waals surface area contributed by atoms with Gasteiger partial charge < -0.3 is 14.7 Å². The Balaban J connectivity index is 2.70. The number of aromatic carboxylic acids is 1. The molecule has 2 rings (SSSR count). The van der Waals surface area contributed by atoms with Crippen LogP contribution in [0.4, 0.5) is 0 Å². The van der Waals surface area contributed by atoms with Crippen molar-refractivity contribution in [1.29, 1.82) is 0 Å². The molecule has 19 heavy (non-hydrogen) atoms. The highest BCUT2D eigenvalue weighted by atomic mass is 32.2. The summed E-state index contributed by atoms with van der Waals surface area (Å²) in [5.74, 6) is -1.78. The van der Waals surface area contributed by atoms with E-state index in [1.165, 1.54) is 18.2 Å². The molecule has 0 saturated heterocycles. The van der Waals surface area contributed by atoms with Gasteiger partial charge >= 0.3 is 5.97 Å². The first kappa shape index (κ1) is 13.1. The maximum atomic E-state index is 11.6. The van der Waals surface area contributed by atoms with E-state index >= 15 is 0 Å². The van der Waals surface area contributed by atoms with E-state index in [0.29, 0.717) is 0 Å². The molecule has 0 saturated carbocycles. The average molecular weight is 283 g/mol. The molecular weight excluding hydrogens is 274 g/mol. The number of carboxylic acids is 1. The lowest BCUT2D eigenvalue weighted by atomic mass is 10.1. The lowest BCUT2D eigenvalue weighted by Crippen LogP contribution is -1.99. The van der Waals surface area contributed by atoms with Crippen molar-refractivity contribution in [2.45, 2.75) is 4.90 Å². The number of rotatable bonds is 3. The zero-order chi connectivity index (χ0) is 14.2. The van der Waals surface area contributed by atoms with Gasteiger partial charge in [-0.2, -0.15) is 0 Å². The van der Waals surface area contributed by atoms with Gasteiger partial charge in [0.15, 0.2) is 21.3 Å². The summed E-state index contributed by atoms with van der Waals surface area (Å²) >= 11 is 0. The van der Waals surface area contributed by atoms with Gasteiger partial charge in [-0.1, -0.05) is 11.2 Å². The minimum Gasteiger partial charge on any atom is -0.507 e. The molecule has 0 amide bonds. The van der Waals surface area contributed by atoms with Crippen LogP contribution < -0.4 is 0 Å². The highest BCUT2D eigenvalue weighted by Gasteiger charge is 2.22. The van der Waals surface area contributed by atoms with Gasteiger partial charge in [0, 0.05) is 12.3 Å². The van der Waals surface area contributed by atoms with Gasteiger partial charge in [0.25, 0.3) is 0 Å². The summed E-state index contributed by atoms with van der Waals surface area (Å²) in [4.78, 5) is 10.5. The number of phenolic OH excluding ortho intramolecular Hbond substituents is 1. The molecule has 1 heterocycles. The fraction of sp³-hybridized carbons (Fsp3) is 0.0909.